The summed E-state index contributed by atoms with van der Waals surface area (Å²) in [6, 6.07) is 29.4. The zero-order valence-electron chi connectivity index (χ0n) is 15.7. The van der Waals surface area contributed by atoms with Crippen molar-refractivity contribution in [3.8, 4) is 11.5 Å². The Balaban J connectivity index is 1.58. The number of nitrogens with zero attached hydrogens (tertiary/aromatic N) is 1. The summed E-state index contributed by atoms with van der Waals surface area (Å²) in [4.78, 5) is 2.63. The molecule has 4 aromatic rings. The molecule has 5 rings (SSSR count). The third-order valence-corrected chi connectivity index (χ3v) is 7.47. The highest BCUT2D eigenvalue weighted by atomic mass is 127. The van der Waals surface area contributed by atoms with E-state index < -0.39 is 9.84 Å². The molecular formula is C24H16INO3S. The van der Waals surface area contributed by atoms with Crippen LogP contribution in [-0.4, -0.2) is 8.42 Å². The SMILES string of the molecule is O=S(=O)(c1ccc(I)cc1)c1ccc(N2c3ccccc3Oc3ccccc32)cc1. The molecule has 0 amide bonds. The van der Waals surface area contributed by atoms with Crippen molar-refractivity contribution >= 4 is 49.5 Å². The maximum atomic E-state index is 13.0. The molecule has 0 radical (unpaired) electrons. The van der Waals surface area contributed by atoms with Crippen LogP contribution < -0.4 is 9.64 Å². The molecular weight excluding hydrogens is 509 g/mol. The van der Waals surface area contributed by atoms with E-state index in [1.807, 2.05) is 60.7 Å². The first kappa shape index (κ1) is 19.1. The van der Waals surface area contributed by atoms with E-state index in [4.69, 9.17) is 4.74 Å². The van der Waals surface area contributed by atoms with Crippen molar-refractivity contribution in [1.82, 2.24) is 0 Å². The van der Waals surface area contributed by atoms with Gasteiger partial charge in [0.2, 0.25) is 9.84 Å². The van der Waals surface area contributed by atoms with Crippen LogP contribution in [0, 0.1) is 3.57 Å². The van der Waals surface area contributed by atoms with Gasteiger partial charge in [0.15, 0.2) is 11.5 Å². The number of ether oxygens (including phenoxy) is 1. The van der Waals surface area contributed by atoms with Gasteiger partial charge in [-0.2, -0.15) is 0 Å². The summed E-state index contributed by atoms with van der Waals surface area (Å²) in [5, 5.41) is 0. The zero-order chi connectivity index (χ0) is 20.7. The van der Waals surface area contributed by atoms with E-state index in [0.717, 1.165) is 32.1 Å². The second-order valence-corrected chi connectivity index (χ2v) is 10.0. The fourth-order valence-electron chi connectivity index (χ4n) is 3.51. The molecule has 0 saturated heterocycles. The van der Waals surface area contributed by atoms with E-state index in [1.165, 1.54) is 0 Å². The molecule has 4 nitrogen and oxygen atoms in total. The highest BCUT2D eigenvalue weighted by Gasteiger charge is 2.26. The molecule has 0 fully saturated rings. The lowest BCUT2D eigenvalue weighted by molar-refractivity contribution is 0.477. The summed E-state index contributed by atoms with van der Waals surface area (Å²) in [6.45, 7) is 0. The quantitative estimate of drug-likeness (QED) is 0.246. The van der Waals surface area contributed by atoms with Gasteiger partial charge in [-0.15, -0.1) is 0 Å². The van der Waals surface area contributed by atoms with Crippen molar-refractivity contribution in [2.45, 2.75) is 9.79 Å². The first-order chi connectivity index (χ1) is 14.5. The van der Waals surface area contributed by atoms with Gasteiger partial charge >= 0.3 is 0 Å². The summed E-state index contributed by atoms with van der Waals surface area (Å²) >= 11 is 2.16. The zero-order valence-corrected chi connectivity index (χ0v) is 18.7. The van der Waals surface area contributed by atoms with Crippen LogP contribution in [0.1, 0.15) is 0 Å². The van der Waals surface area contributed by atoms with Crippen LogP contribution in [0.2, 0.25) is 0 Å². The number of para-hydroxylation sites is 4. The lowest BCUT2D eigenvalue weighted by Crippen LogP contribution is -2.15. The van der Waals surface area contributed by atoms with E-state index in [-0.39, 0.29) is 9.79 Å². The van der Waals surface area contributed by atoms with Crippen molar-refractivity contribution in [1.29, 1.82) is 0 Å². The van der Waals surface area contributed by atoms with Crippen molar-refractivity contribution in [2.75, 3.05) is 4.90 Å². The average molecular weight is 525 g/mol. The number of sulfone groups is 1. The fourth-order valence-corrected chi connectivity index (χ4v) is 5.13. The summed E-state index contributed by atoms with van der Waals surface area (Å²) < 4.78 is 33.0. The Morgan fingerprint density at radius 2 is 1.10 bits per heavy atom. The molecule has 0 unspecified atom stereocenters. The van der Waals surface area contributed by atoms with E-state index in [0.29, 0.717) is 0 Å². The van der Waals surface area contributed by atoms with Gasteiger partial charge in [-0.3, -0.25) is 0 Å². The minimum Gasteiger partial charge on any atom is -0.453 e. The number of rotatable bonds is 3. The Kier molecular flexibility index (Phi) is 4.75. The van der Waals surface area contributed by atoms with Crippen LogP contribution in [-0.2, 0) is 9.84 Å². The molecule has 0 saturated carbocycles. The molecule has 1 heterocycles. The van der Waals surface area contributed by atoms with E-state index in [9.17, 15) is 8.42 Å². The third kappa shape index (κ3) is 3.26. The van der Waals surface area contributed by atoms with Gasteiger partial charge in [-0.05, 0) is 95.4 Å². The first-order valence-electron chi connectivity index (χ1n) is 9.31. The molecule has 0 aliphatic carbocycles. The summed E-state index contributed by atoms with van der Waals surface area (Å²) in [6.07, 6.45) is 0. The van der Waals surface area contributed by atoms with Crippen LogP contribution in [0.4, 0.5) is 17.1 Å². The Labute approximate surface area is 188 Å². The number of fused-ring (bicyclic) bond motifs is 2. The smallest absolute Gasteiger partial charge is 0.206 e. The normalized spacial score (nSPS) is 12.6. The minimum absolute atomic E-state index is 0.266. The number of benzene rings is 4. The van der Waals surface area contributed by atoms with Gasteiger partial charge in [0.05, 0.1) is 21.2 Å². The monoisotopic (exact) mass is 525 g/mol. The summed E-state index contributed by atoms with van der Waals surface area (Å²) in [7, 11) is -3.57. The van der Waals surface area contributed by atoms with Crippen molar-refractivity contribution < 1.29 is 13.2 Å². The molecule has 6 heteroatoms. The number of hydrogen-bond acceptors (Lipinski definition) is 4. The van der Waals surface area contributed by atoms with Crippen LogP contribution >= 0.6 is 22.6 Å². The van der Waals surface area contributed by atoms with Gasteiger partial charge in [0.1, 0.15) is 0 Å². The molecule has 148 valence electrons. The second kappa shape index (κ2) is 7.45. The molecule has 1 aliphatic rings. The predicted molar refractivity (Wildman–Crippen MR) is 126 cm³/mol. The highest BCUT2D eigenvalue weighted by Crippen LogP contribution is 2.50. The fraction of sp³-hybridized carbons (Fsp3) is 0. The molecule has 0 spiro atoms. The summed E-state index contributed by atoms with van der Waals surface area (Å²) in [5.41, 5.74) is 2.67. The van der Waals surface area contributed by atoms with Gasteiger partial charge in [0.25, 0.3) is 0 Å². The maximum absolute atomic E-state index is 13.0. The van der Waals surface area contributed by atoms with Crippen LogP contribution in [0.25, 0.3) is 0 Å². The standard InChI is InChI=1S/C24H16INO3S/c25-17-9-13-19(14-10-17)30(27,28)20-15-11-18(12-16-20)26-21-5-1-3-7-23(21)29-24-8-4-2-6-22(24)26/h1-16H. The highest BCUT2D eigenvalue weighted by molar-refractivity contribution is 14.1. The molecule has 0 aromatic heterocycles. The van der Waals surface area contributed by atoms with Crippen molar-refractivity contribution in [3.63, 3.8) is 0 Å². The molecule has 1 aliphatic heterocycles. The lowest BCUT2D eigenvalue weighted by Gasteiger charge is -2.32. The number of halogens is 1. The maximum Gasteiger partial charge on any atom is 0.206 e. The lowest BCUT2D eigenvalue weighted by atomic mass is 10.1. The van der Waals surface area contributed by atoms with E-state index in [2.05, 4.69) is 27.5 Å². The Bertz CT molecular complexity index is 1290. The Morgan fingerprint density at radius 1 is 0.633 bits per heavy atom. The topological polar surface area (TPSA) is 46.6 Å². The van der Waals surface area contributed by atoms with Crippen LogP contribution in [0.3, 0.4) is 0 Å². The van der Waals surface area contributed by atoms with Gasteiger partial charge in [0, 0.05) is 9.26 Å². The minimum atomic E-state index is -3.57. The van der Waals surface area contributed by atoms with E-state index >= 15 is 0 Å². The average Bonchev–Trinajstić information content (AvgIpc) is 2.78. The van der Waals surface area contributed by atoms with Crippen LogP contribution in [0.5, 0.6) is 11.5 Å². The van der Waals surface area contributed by atoms with Crippen LogP contribution in [0.15, 0.2) is 107 Å². The van der Waals surface area contributed by atoms with Crippen molar-refractivity contribution in [2.24, 2.45) is 0 Å². The van der Waals surface area contributed by atoms with E-state index in [1.54, 1.807) is 36.4 Å². The number of hydrogen-bond donors (Lipinski definition) is 0. The van der Waals surface area contributed by atoms with Gasteiger partial charge in [-0.1, -0.05) is 24.3 Å². The number of anilines is 3. The van der Waals surface area contributed by atoms with Gasteiger partial charge in [-0.25, -0.2) is 8.42 Å². The van der Waals surface area contributed by atoms with Crippen molar-refractivity contribution in [3.05, 3.63) is 101 Å². The molecule has 0 bridgehead atoms. The first-order valence-corrected chi connectivity index (χ1v) is 11.9. The molecule has 30 heavy (non-hydrogen) atoms. The molecule has 4 aromatic carbocycles. The third-order valence-electron chi connectivity index (χ3n) is 4.96. The summed E-state index contributed by atoms with van der Waals surface area (Å²) in [5.74, 6) is 1.51. The Morgan fingerprint density at radius 3 is 1.63 bits per heavy atom. The second-order valence-electron chi connectivity index (χ2n) is 6.82. The predicted octanol–water partition coefficient (Wildman–Crippen LogP) is 6.70. The molecule has 0 N–H and O–H groups in total. The molecule has 0 atom stereocenters. The Hall–Kier alpha value is -2.84. The largest absolute Gasteiger partial charge is 0.453 e. The van der Waals surface area contributed by atoms with Gasteiger partial charge < -0.3 is 9.64 Å².